The van der Waals surface area contributed by atoms with Crippen LogP contribution < -0.4 is 15.0 Å². The molecule has 0 bridgehead atoms. The standard InChI is InChI=1S/C23H27N7O3S/c1-4-9-30(10-11-34(31)32)22-21-17(7-8-24-22)13-25-23(28-21)27-19-6-5-16(12-20(19)33-3)18-14-26-29(2)15-18/h5-8,12-15H,4,9-11H2,1-3H3,(H,31,32)(H,25,27,28). The molecule has 4 rings (SSSR count). The Balaban J connectivity index is 1.66. The highest BCUT2D eigenvalue weighted by Gasteiger charge is 2.15. The molecular weight excluding hydrogens is 454 g/mol. The third-order valence-electron chi connectivity index (χ3n) is 5.29. The van der Waals surface area contributed by atoms with Crippen molar-refractivity contribution in [3.63, 3.8) is 0 Å². The number of benzene rings is 1. The van der Waals surface area contributed by atoms with Crippen LogP contribution in [-0.4, -0.2) is 59.4 Å². The van der Waals surface area contributed by atoms with Gasteiger partial charge in [0.1, 0.15) is 11.3 Å². The molecule has 0 amide bonds. The van der Waals surface area contributed by atoms with Gasteiger partial charge in [0.2, 0.25) is 5.95 Å². The van der Waals surface area contributed by atoms with Crippen LogP contribution in [0.4, 0.5) is 17.5 Å². The van der Waals surface area contributed by atoms with E-state index in [1.165, 1.54) is 0 Å². The molecule has 0 aliphatic rings. The van der Waals surface area contributed by atoms with Crippen molar-refractivity contribution in [3.8, 4) is 16.9 Å². The molecule has 4 aromatic rings. The molecule has 2 N–H and O–H groups in total. The zero-order chi connectivity index (χ0) is 24.1. The number of nitrogens with one attached hydrogen (secondary N) is 1. The minimum absolute atomic E-state index is 0.134. The smallest absolute Gasteiger partial charge is 0.227 e. The number of methoxy groups -OCH3 is 1. The van der Waals surface area contributed by atoms with E-state index >= 15 is 0 Å². The molecule has 178 valence electrons. The van der Waals surface area contributed by atoms with E-state index < -0.39 is 11.1 Å². The van der Waals surface area contributed by atoms with Gasteiger partial charge < -0.3 is 19.5 Å². The molecule has 1 aromatic carbocycles. The summed E-state index contributed by atoms with van der Waals surface area (Å²) in [5.74, 6) is 1.84. The lowest BCUT2D eigenvalue weighted by atomic mass is 10.1. The monoisotopic (exact) mass is 481 g/mol. The molecule has 3 heterocycles. The van der Waals surface area contributed by atoms with Crippen LogP contribution in [0.15, 0.2) is 49.1 Å². The molecule has 0 aliphatic heterocycles. The van der Waals surface area contributed by atoms with Gasteiger partial charge in [0.15, 0.2) is 16.9 Å². The lowest BCUT2D eigenvalue weighted by Crippen LogP contribution is -2.29. The fourth-order valence-electron chi connectivity index (χ4n) is 3.68. The maximum atomic E-state index is 11.2. The molecular formula is C23H27N7O3S. The number of pyridine rings is 1. The Labute approximate surface area is 200 Å². The maximum absolute atomic E-state index is 11.2. The van der Waals surface area contributed by atoms with Gasteiger partial charge in [-0.3, -0.25) is 4.68 Å². The molecule has 34 heavy (non-hydrogen) atoms. The number of fused-ring (bicyclic) bond motifs is 1. The lowest BCUT2D eigenvalue weighted by Gasteiger charge is -2.23. The highest BCUT2D eigenvalue weighted by atomic mass is 32.2. The van der Waals surface area contributed by atoms with Gasteiger partial charge in [-0.25, -0.2) is 19.2 Å². The van der Waals surface area contributed by atoms with Crippen molar-refractivity contribution in [1.29, 1.82) is 0 Å². The van der Waals surface area contributed by atoms with Crippen LogP contribution in [0.2, 0.25) is 0 Å². The molecule has 0 spiro atoms. The zero-order valence-electron chi connectivity index (χ0n) is 19.3. The highest BCUT2D eigenvalue weighted by molar-refractivity contribution is 7.79. The minimum atomic E-state index is -1.88. The summed E-state index contributed by atoms with van der Waals surface area (Å²) in [4.78, 5) is 15.7. The third kappa shape index (κ3) is 5.32. The van der Waals surface area contributed by atoms with Crippen LogP contribution in [0.1, 0.15) is 13.3 Å². The Hall–Kier alpha value is -3.57. The average Bonchev–Trinajstić information content (AvgIpc) is 3.28. The lowest BCUT2D eigenvalue weighted by molar-refractivity contribution is 0.417. The first kappa shape index (κ1) is 23.6. The van der Waals surface area contributed by atoms with Crippen LogP contribution >= 0.6 is 0 Å². The summed E-state index contributed by atoms with van der Waals surface area (Å²) >= 11 is -1.88. The number of aromatic nitrogens is 5. The van der Waals surface area contributed by atoms with Crippen LogP contribution in [0.25, 0.3) is 22.0 Å². The van der Waals surface area contributed by atoms with Crippen LogP contribution in [0, 0.1) is 0 Å². The Morgan fingerprint density at radius 1 is 1.18 bits per heavy atom. The van der Waals surface area contributed by atoms with Crippen molar-refractivity contribution in [3.05, 3.63) is 49.1 Å². The second-order valence-corrected chi connectivity index (χ2v) is 8.77. The number of hydrogen-bond donors (Lipinski definition) is 2. The van der Waals surface area contributed by atoms with Gasteiger partial charge in [-0.2, -0.15) is 5.10 Å². The zero-order valence-corrected chi connectivity index (χ0v) is 20.1. The van der Waals surface area contributed by atoms with Gasteiger partial charge in [-0.15, -0.1) is 0 Å². The van der Waals surface area contributed by atoms with E-state index in [2.05, 4.69) is 27.3 Å². The van der Waals surface area contributed by atoms with E-state index in [1.807, 2.05) is 42.4 Å². The summed E-state index contributed by atoms with van der Waals surface area (Å²) in [5, 5.41) is 8.30. The summed E-state index contributed by atoms with van der Waals surface area (Å²) < 4.78 is 27.9. The Bertz CT molecular complexity index is 1310. The van der Waals surface area contributed by atoms with E-state index in [0.717, 1.165) is 28.6 Å². The molecule has 10 nitrogen and oxygen atoms in total. The fraction of sp³-hybridized carbons (Fsp3) is 0.304. The van der Waals surface area contributed by atoms with Crippen LogP contribution in [0.3, 0.4) is 0 Å². The van der Waals surface area contributed by atoms with Crippen molar-refractivity contribution >= 4 is 39.4 Å². The molecule has 11 heteroatoms. The first-order valence-corrected chi connectivity index (χ1v) is 12.1. The van der Waals surface area contributed by atoms with Crippen molar-refractivity contribution in [1.82, 2.24) is 24.7 Å². The molecule has 0 saturated heterocycles. The number of nitrogens with zero attached hydrogens (tertiary/aromatic N) is 6. The summed E-state index contributed by atoms with van der Waals surface area (Å²) in [6.45, 7) is 3.15. The van der Waals surface area contributed by atoms with Crippen molar-refractivity contribution in [2.24, 2.45) is 7.05 Å². The SMILES string of the molecule is CCCN(CCS(=O)O)c1nccc2cnc(Nc3ccc(-c4cnn(C)c4)cc3OC)nc12. The molecule has 0 radical (unpaired) electrons. The van der Waals surface area contributed by atoms with Gasteiger partial charge in [0, 0.05) is 49.7 Å². The first-order valence-electron chi connectivity index (χ1n) is 10.9. The number of rotatable bonds is 10. The van der Waals surface area contributed by atoms with Gasteiger partial charge in [-0.1, -0.05) is 13.0 Å². The Morgan fingerprint density at radius 3 is 2.74 bits per heavy atom. The summed E-state index contributed by atoms with van der Waals surface area (Å²) in [5.41, 5.74) is 3.37. The molecule has 3 aromatic heterocycles. The Morgan fingerprint density at radius 2 is 2.03 bits per heavy atom. The number of aryl methyl sites for hydroxylation is 1. The summed E-state index contributed by atoms with van der Waals surface area (Å²) in [6.07, 6.45) is 8.05. The number of anilines is 3. The predicted octanol–water partition coefficient (Wildman–Crippen LogP) is 3.62. The molecule has 0 fully saturated rings. The fourth-order valence-corrected chi connectivity index (χ4v) is 4.06. The number of ether oxygens (including phenoxy) is 1. The molecule has 1 atom stereocenters. The average molecular weight is 482 g/mol. The van der Waals surface area contributed by atoms with Gasteiger partial charge in [0.25, 0.3) is 0 Å². The van der Waals surface area contributed by atoms with E-state index in [1.54, 1.807) is 30.4 Å². The third-order valence-corrected chi connectivity index (χ3v) is 5.83. The van der Waals surface area contributed by atoms with Crippen molar-refractivity contribution < 1.29 is 13.5 Å². The normalized spacial score (nSPS) is 12.0. The highest BCUT2D eigenvalue weighted by Crippen LogP contribution is 2.32. The predicted molar refractivity (Wildman–Crippen MR) is 134 cm³/mol. The van der Waals surface area contributed by atoms with Crippen LogP contribution in [-0.2, 0) is 18.1 Å². The molecule has 0 aliphatic carbocycles. The maximum Gasteiger partial charge on any atom is 0.227 e. The van der Waals surface area contributed by atoms with E-state index in [0.29, 0.717) is 36.1 Å². The second-order valence-electron chi connectivity index (χ2n) is 7.72. The topological polar surface area (TPSA) is 118 Å². The second kappa shape index (κ2) is 10.6. The van der Waals surface area contributed by atoms with E-state index in [-0.39, 0.29) is 5.75 Å². The van der Waals surface area contributed by atoms with Crippen molar-refractivity contribution in [2.75, 3.05) is 36.2 Å². The Kier molecular flexibility index (Phi) is 7.33. The van der Waals surface area contributed by atoms with Gasteiger partial charge in [0.05, 0.1) is 24.7 Å². The first-order chi connectivity index (χ1) is 16.5. The molecule has 0 saturated carbocycles. The quantitative estimate of drug-likeness (QED) is 0.327. The van der Waals surface area contributed by atoms with E-state index in [9.17, 15) is 8.76 Å². The van der Waals surface area contributed by atoms with Gasteiger partial charge >= 0.3 is 0 Å². The molecule has 1 unspecified atom stereocenters. The minimum Gasteiger partial charge on any atom is -0.495 e. The van der Waals surface area contributed by atoms with E-state index in [4.69, 9.17) is 9.72 Å². The van der Waals surface area contributed by atoms with Crippen LogP contribution in [0.5, 0.6) is 5.75 Å². The van der Waals surface area contributed by atoms with Crippen molar-refractivity contribution in [2.45, 2.75) is 13.3 Å². The summed E-state index contributed by atoms with van der Waals surface area (Å²) in [6, 6.07) is 7.68. The summed E-state index contributed by atoms with van der Waals surface area (Å²) in [7, 11) is 3.49. The largest absolute Gasteiger partial charge is 0.495 e. The van der Waals surface area contributed by atoms with Gasteiger partial charge in [-0.05, 0) is 30.2 Å². The number of hydrogen-bond acceptors (Lipinski definition) is 8.